The number of hydrogen-bond donors (Lipinski definition) is 2. The lowest BCUT2D eigenvalue weighted by molar-refractivity contribution is -0.156. The molecule has 1 unspecified atom stereocenters. The number of thiazole rings is 1. The van der Waals surface area contributed by atoms with Crippen molar-refractivity contribution in [1.82, 2.24) is 40.0 Å². The number of hydrogen-bond acceptors (Lipinski definition) is 12. The molecule has 1 aromatic carbocycles. The Morgan fingerprint density at radius 1 is 1.04 bits per heavy atom. The minimum Gasteiger partial charge on any atom is -0.464 e. The molecule has 6 aliphatic heterocycles. The summed E-state index contributed by atoms with van der Waals surface area (Å²) in [5, 5.41) is 7.86. The molecule has 8 heterocycles. The first-order valence-electron chi connectivity index (χ1n) is 26.8. The smallest absolute Gasteiger partial charge is 0.406 e. The number of carbonyl (C=O) groups is 4. The Morgan fingerprint density at radius 3 is 2.59 bits per heavy atom. The number of likely N-dealkylation sites (tertiary alicyclic amines) is 2. The van der Waals surface area contributed by atoms with Crippen LogP contribution in [0.2, 0.25) is 0 Å². The standard InChI is InChI=1S/C54H70F3N9O6S/c1-32(71-4)45-36(12-7-19-58-45)47-38-24-52(2,3)31-72-51(70)39-13-8-21-66(61-39)49(68)40(23-44-59-41(26-73-44)34-14-17-42(37(38)22-34)65(47)30-54(55,56)57)60-48(67)46(33-10-5-6-11-33)62-20-9-18-53(27-62)28-63(29-53)50(69)43-25-64(43)35-15-16-35/h14,17,19,22,26,32-33,35,39-40,43,46,61H,5-13,15-16,18,20-21,23-25,27-31H2,1-4H3,(H,60,67)/t32-,39-,40-,43+,46-,64?/m0/s1. The number of fused-ring (bicyclic) bond motifs is 6. The van der Waals surface area contributed by atoms with Gasteiger partial charge in [0.2, 0.25) is 11.8 Å². The number of aromatic nitrogens is 2. The summed E-state index contributed by atoms with van der Waals surface area (Å²) in [5.41, 5.74) is 6.48. The number of amides is 3. The van der Waals surface area contributed by atoms with Crippen LogP contribution < -0.4 is 10.7 Å². The molecule has 19 heteroatoms. The van der Waals surface area contributed by atoms with Crippen LogP contribution in [0, 0.1) is 16.7 Å². The van der Waals surface area contributed by atoms with Crippen LogP contribution in [0.3, 0.4) is 0 Å². The average molecular weight is 1030 g/mol. The van der Waals surface area contributed by atoms with Crippen molar-refractivity contribution >= 4 is 57.7 Å². The molecule has 3 amide bonds. The van der Waals surface area contributed by atoms with Gasteiger partial charge in [-0.2, -0.15) is 13.2 Å². The number of ether oxygens (including phenoxy) is 2. The number of aliphatic imine (C=N–C) groups is 1. The molecule has 394 valence electrons. The maximum Gasteiger partial charge on any atom is 0.406 e. The van der Waals surface area contributed by atoms with Crippen molar-refractivity contribution in [2.75, 3.05) is 53.0 Å². The molecule has 4 saturated heterocycles. The normalized spacial score (nSPS) is 27.7. The van der Waals surface area contributed by atoms with Crippen molar-refractivity contribution in [1.29, 1.82) is 0 Å². The quantitative estimate of drug-likeness (QED) is 0.162. The van der Waals surface area contributed by atoms with Crippen LogP contribution in [0.1, 0.15) is 114 Å². The Labute approximate surface area is 429 Å². The Kier molecular flexibility index (Phi) is 13.7. The number of piperidine rings is 1. The second-order valence-corrected chi connectivity index (χ2v) is 24.2. The monoisotopic (exact) mass is 1030 g/mol. The summed E-state index contributed by atoms with van der Waals surface area (Å²) in [6, 6.07) is 3.73. The van der Waals surface area contributed by atoms with Gasteiger partial charge in [0, 0.05) is 96.8 Å². The summed E-state index contributed by atoms with van der Waals surface area (Å²) in [6.07, 6.45) is 7.28. The Bertz CT molecular complexity index is 2700. The van der Waals surface area contributed by atoms with Crippen LogP contribution >= 0.6 is 11.3 Å². The third kappa shape index (κ3) is 10.4. The first-order chi connectivity index (χ1) is 35.0. The Balaban J connectivity index is 0.925. The average Bonchev–Trinajstić information content (AvgIpc) is 4.23. The van der Waals surface area contributed by atoms with E-state index in [4.69, 9.17) is 19.5 Å². The van der Waals surface area contributed by atoms with Crippen molar-refractivity contribution in [3.8, 4) is 11.3 Å². The van der Waals surface area contributed by atoms with Gasteiger partial charge in [0.1, 0.15) is 24.7 Å². The number of hydrazine groups is 1. The molecular weight excluding hydrogens is 960 g/mol. The SMILES string of the molecule is CO[C@@H](C)C1=C(c2c3c4cc(ccc4n2CC(F)(F)F)-c2csc(n2)C[C@H](NC(=O)[C@H](C2CCCC2)N2CCCC4(CN(C(=O)[C@H]5CN5C5CC5)C4)C2)C(=O)N2CCC[C@H](N2)C(=O)OCC(C)(C)C3)CCC=N1. The van der Waals surface area contributed by atoms with Gasteiger partial charge < -0.3 is 24.3 Å². The fraction of sp³-hybridized carbons (Fsp3) is 0.667. The number of alkyl halides is 3. The zero-order chi connectivity index (χ0) is 51.0. The van der Waals surface area contributed by atoms with Crippen molar-refractivity contribution in [3.05, 3.63) is 45.5 Å². The fourth-order valence-corrected chi connectivity index (χ4v) is 14.0. The molecule has 1 spiro atoms. The molecule has 2 saturated carbocycles. The van der Waals surface area contributed by atoms with E-state index in [-0.39, 0.29) is 54.5 Å². The van der Waals surface area contributed by atoms with Gasteiger partial charge in [0.15, 0.2) is 0 Å². The minimum absolute atomic E-state index is 0.0294. The van der Waals surface area contributed by atoms with Crippen molar-refractivity contribution < 1.29 is 41.8 Å². The van der Waals surface area contributed by atoms with Gasteiger partial charge in [-0.3, -0.25) is 39.0 Å². The van der Waals surface area contributed by atoms with Gasteiger partial charge in [-0.25, -0.2) is 10.4 Å². The van der Waals surface area contributed by atoms with Gasteiger partial charge in [0.25, 0.3) is 5.91 Å². The van der Waals surface area contributed by atoms with Crippen LogP contribution in [0.15, 0.2) is 34.3 Å². The van der Waals surface area contributed by atoms with Crippen molar-refractivity contribution in [2.45, 2.75) is 160 Å². The minimum atomic E-state index is -4.55. The van der Waals surface area contributed by atoms with E-state index in [0.717, 1.165) is 58.2 Å². The first kappa shape index (κ1) is 50.5. The number of carbonyl (C=O) groups excluding carboxylic acids is 4. The molecule has 11 rings (SSSR count). The van der Waals surface area contributed by atoms with E-state index >= 15 is 4.79 Å². The predicted octanol–water partition coefficient (Wildman–Crippen LogP) is 6.92. The van der Waals surface area contributed by atoms with Crippen LogP contribution in [0.4, 0.5) is 13.2 Å². The topological polar surface area (TPSA) is 154 Å². The van der Waals surface area contributed by atoms with Crippen LogP contribution in [0.25, 0.3) is 27.7 Å². The summed E-state index contributed by atoms with van der Waals surface area (Å²) >= 11 is 1.37. The van der Waals surface area contributed by atoms with E-state index in [1.54, 1.807) is 25.5 Å². The second kappa shape index (κ2) is 19.8. The molecule has 0 radical (unpaired) electrons. The summed E-state index contributed by atoms with van der Waals surface area (Å²) < 4.78 is 57.4. The largest absolute Gasteiger partial charge is 0.464 e. The third-order valence-electron chi connectivity index (χ3n) is 16.9. The molecule has 8 aliphatic rings. The molecule has 2 N–H and O–H groups in total. The van der Waals surface area contributed by atoms with Gasteiger partial charge in [-0.1, -0.05) is 32.8 Å². The summed E-state index contributed by atoms with van der Waals surface area (Å²) in [6.45, 7) is 8.56. The van der Waals surface area contributed by atoms with Crippen molar-refractivity contribution in [3.63, 3.8) is 0 Å². The van der Waals surface area contributed by atoms with Crippen LogP contribution in [-0.2, 0) is 48.0 Å². The number of esters is 1. The second-order valence-electron chi connectivity index (χ2n) is 23.2. The van der Waals surface area contributed by atoms with E-state index in [0.29, 0.717) is 101 Å². The Morgan fingerprint density at radius 2 is 1.84 bits per heavy atom. The molecule has 73 heavy (non-hydrogen) atoms. The molecule has 15 nitrogen and oxygen atoms in total. The van der Waals surface area contributed by atoms with Gasteiger partial charge >= 0.3 is 12.1 Å². The van der Waals surface area contributed by atoms with Crippen LogP contribution in [0.5, 0.6) is 0 Å². The maximum absolute atomic E-state index is 15.1. The lowest BCUT2D eigenvalue weighted by atomic mass is 9.72. The highest BCUT2D eigenvalue weighted by Gasteiger charge is 2.56. The summed E-state index contributed by atoms with van der Waals surface area (Å²) in [4.78, 5) is 74.0. The zero-order valence-corrected chi connectivity index (χ0v) is 43.4. The number of cyclic esters (lactones) is 1. The lowest BCUT2D eigenvalue weighted by Crippen LogP contribution is -2.68. The van der Waals surface area contributed by atoms with E-state index in [9.17, 15) is 27.6 Å². The van der Waals surface area contributed by atoms with Gasteiger partial charge in [0.05, 0.1) is 40.8 Å². The van der Waals surface area contributed by atoms with E-state index in [1.165, 1.54) is 33.8 Å². The van der Waals surface area contributed by atoms with E-state index in [1.807, 2.05) is 37.1 Å². The fourth-order valence-electron chi connectivity index (χ4n) is 13.1. The van der Waals surface area contributed by atoms with E-state index in [2.05, 4.69) is 20.5 Å². The lowest BCUT2D eigenvalue weighted by Gasteiger charge is -2.56. The number of nitrogens with zero attached hydrogens (tertiary/aromatic N) is 7. The molecular formula is C54H70F3N9O6S. The summed E-state index contributed by atoms with van der Waals surface area (Å²) in [5.74, 6) is -0.735. The van der Waals surface area contributed by atoms with Crippen molar-refractivity contribution in [2.24, 2.45) is 21.7 Å². The molecule has 6 atom stereocenters. The number of rotatable bonds is 10. The maximum atomic E-state index is 15.1. The highest BCUT2D eigenvalue weighted by Crippen LogP contribution is 2.46. The predicted molar refractivity (Wildman–Crippen MR) is 271 cm³/mol. The van der Waals surface area contributed by atoms with Gasteiger partial charge in [-0.15, -0.1) is 11.3 Å². The molecule has 2 aromatic heterocycles. The number of nitrogens with one attached hydrogen (secondary N) is 2. The number of benzene rings is 1. The zero-order valence-electron chi connectivity index (χ0n) is 42.6. The highest BCUT2D eigenvalue weighted by atomic mass is 32.1. The summed E-state index contributed by atoms with van der Waals surface area (Å²) in [7, 11) is 1.56. The third-order valence-corrected chi connectivity index (χ3v) is 17.8. The molecule has 3 aromatic rings. The molecule has 6 fully saturated rings. The van der Waals surface area contributed by atoms with Crippen LogP contribution in [-0.4, -0.2) is 155 Å². The Hall–Kier alpha value is -4.69. The molecule has 2 aliphatic carbocycles. The molecule has 6 bridgehead atoms. The van der Waals surface area contributed by atoms with Gasteiger partial charge in [-0.05, 0) is 108 Å². The number of methoxy groups -OCH3 is 1. The highest BCUT2D eigenvalue weighted by molar-refractivity contribution is 7.10. The first-order valence-corrected chi connectivity index (χ1v) is 27.6. The number of halogens is 3. The van der Waals surface area contributed by atoms with E-state index < -0.39 is 48.3 Å². The number of allylic oxidation sites excluding steroid dienone is 1.